The van der Waals surface area contributed by atoms with Gasteiger partial charge in [-0.05, 0) is 35.7 Å². The lowest BCUT2D eigenvalue weighted by Crippen LogP contribution is -2.18. The van der Waals surface area contributed by atoms with E-state index >= 15 is 0 Å². The highest BCUT2D eigenvalue weighted by Crippen LogP contribution is 2.38. The zero-order valence-electron chi connectivity index (χ0n) is 15.3. The molecular formula is C21H15F6NO2. The molecule has 0 spiro atoms. The van der Waals surface area contributed by atoms with Crippen LogP contribution in [0.5, 0.6) is 0 Å². The highest BCUT2D eigenvalue weighted by Gasteiger charge is 2.38. The molecule has 0 radical (unpaired) electrons. The maximum Gasteiger partial charge on any atom is 0.431 e. The Labute approximate surface area is 167 Å². The number of aromatic carboxylic acids is 1. The predicted molar refractivity (Wildman–Crippen MR) is 97.0 cm³/mol. The second kappa shape index (κ2) is 7.89. The lowest BCUT2D eigenvalue weighted by atomic mass is 10.0. The third-order valence-electron chi connectivity index (χ3n) is 4.58. The molecule has 3 aromatic rings. The Morgan fingerprint density at radius 2 is 1.47 bits per heavy atom. The molecule has 0 bridgehead atoms. The van der Waals surface area contributed by atoms with E-state index in [-0.39, 0.29) is 24.1 Å². The number of carbonyl (C=O) groups is 1. The molecular weight excluding hydrogens is 412 g/mol. The summed E-state index contributed by atoms with van der Waals surface area (Å²) < 4.78 is 79.8. The Morgan fingerprint density at radius 3 is 1.97 bits per heavy atom. The molecule has 1 heterocycles. The van der Waals surface area contributed by atoms with Crippen LogP contribution in [-0.2, 0) is 25.3 Å². The smallest absolute Gasteiger partial charge is 0.431 e. The maximum absolute atomic E-state index is 13.6. The minimum Gasteiger partial charge on any atom is -0.477 e. The fourth-order valence-corrected chi connectivity index (χ4v) is 3.19. The van der Waals surface area contributed by atoms with Gasteiger partial charge >= 0.3 is 18.3 Å². The highest BCUT2D eigenvalue weighted by molar-refractivity contribution is 5.95. The van der Waals surface area contributed by atoms with E-state index in [0.29, 0.717) is 28.3 Å². The summed E-state index contributed by atoms with van der Waals surface area (Å²) in [5, 5.41) is 9.60. The first-order valence-corrected chi connectivity index (χ1v) is 8.74. The van der Waals surface area contributed by atoms with Gasteiger partial charge in [0, 0.05) is 12.1 Å². The van der Waals surface area contributed by atoms with E-state index in [0.717, 1.165) is 12.1 Å². The number of aryl methyl sites for hydroxylation is 1. The molecule has 0 saturated carbocycles. The zero-order valence-corrected chi connectivity index (χ0v) is 15.3. The third kappa shape index (κ3) is 4.50. The summed E-state index contributed by atoms with van der Waals surface area (Å²) in [5.41, 5.74) is -2.42. The van der Waals surface area contributed by atoms with Crippen LogP contribution in [0.2, 0.25) is 0 Å². The monoisotopic (exact) mass is 427 g/mol. The van der Waals surface area contributed by atoms with E-state index in [1.54, 1.807) is 30.3 Å². The molecule has 9 heteroatoms. The van der Waals surface area contributed by atoms with E-state index < -0.39 is 35.3 Å². The summed E-state index contributed by atoms with van der Waals surface area (Å²) in [5.74, 6) is -1.60. The van der Waals surface area contributed by atoms with Gasteiger partial charge in [-0.25, -0.2) is 4.79 Å². The topological polar surface area (TPSA) is 42.2 Å². The van der Waals surface area contributed by atoms with E-state index in [1.807, 2.05) is 0 Å². The van der Waals surface area contributed by atoms with Gasteiger partial charge in [0.1, 0.15) is 11.4 Å². The van der Waals surface area contributed by atoms with Crippen LogP contribution < -0.4 is 0 Å². The number of carboxylic acids is 1. The number of hydrogen-bond acceptors (Lipinski definition) is 1. The first kappa shape index (κ1) is 21.5. The molecule has 0 amide bonds. The zero-order chi connectivity index (χ0) is 22.1. The Bertz CT molecular complexity index is 1030. The molecule has 0 aliphatic heterocycles. The molecule has 3 nitrogen and oxygen atoms in total. The molecule has 0 saturated heterocycles. The molecule has 3 rings (SSSR count). The van der Waals surface area contributed by atoms with E-state index in [1.165, 1.54) is 0 Å². The molecule has 0 aliphatic carbocycles. The maximum atomic E-state index is 13.6. The van der Waals surface area contributed by atoms with Gasteiger partial charge in [-0.2, -0.15) is 26.3 Å². The molecule has 30 heavy (non-hydrogen) atoms. The molecule has 0 aliphatic rings. The third-order valence-corrected chi connectivity index (χ3v) is 4.58. The minimum absolute atomic E-state index is 0.0515. The Morgan fingerprint density at radius 1 is 0.867 bits per heavy atom. The number of rotatable bonds is 5. The summed E-state index contributed by atoms with van der Waals surface area (Å²) in [6.45, 7) is -0.263. The van der Waals surface area contributed by atoms with Crippen LogP contribution in [0.4, 0.5) is 26.3 Å². The summed E-state index contributed by atoms with van der Waals surface area (Å²) >= 11 is 0. The number of carboxylic acid groups (broad SMARTS) is 1. The normalized spacial score (nSPS) is 12.2. The van der Waals surface area contributed by atoms with Crippen LogP contribution in [0.15, 0.2) is 60.7 Å². The van der Waals surface area contributed by atoms with Crippen LogP contribution in [-0.4, -0.2) is 15.6 Å². The first-order chi connectivity index (χ1) is 14.0. The quantitative estimate of drug-likeness (QED) is 0.498. The van der Waals surface area contributed by atoms with Gasteiger partial charge in [0.15, 0.2) is 0 Å². The number of nitrogens with zero attached hydrogens (tertiary/aromatic N) is 1. The van der Waals surface area contributed by atoms with E-state index in [4.69, 9.17) is 0 Å². The number of aromatic nitrogens is 1. The van der Waals surface area contributed by atoms with Gasteiger partial charge < -0.3 is 9.67 Å². The van der Waals surface area contributed by atoms with Crippen molar-refractivity contribution in [2.45, 2.75) is 25.3 Å². The van der Waals surface area contributed by atoms with Crippen molar-refractivity contribution in [3.05, 3.63) is 83.2 Å². The Balaban J connectivity index is 2.09. The number of halogens is 6. The van der Waals surface area contributed by atoms with Crippen LogP contribution in [0.3, 0.4) is 0 Å². The standard InChI is InChI=1S/C21H15F6NO2/c22-20(23,24)15-8-6-14(7-9-15)16-12-17(21(25,26)27)28(18(16)19(29)30)11-10-13-4-2-1-3-5-13/h1-9,12H,10-11H2,(H,29,30). The lowest BCUT2D eigenvalue weighted by molar-refractivity contribution is -0.143. The average molecular weight is 427 g/mol. The van der Waals surface area contributed by atoms with Crippen LogP contribution in [0.25, 0.3) is 11.1 Å². The Kier molecular flexibility index (Phi) is 5.65. The van der Waals surface area contributed by atoms with Crippen molar-refractivity contribution in [3.63, 3.8) is 0 Å². The van der Waals surface area contributed by atoms with Gasteiger partial charge in [0.2, 0.25) is 0 Å². The summed E-state index contributed by atoms with van der Waals surface area (Å²) in [6.07, 6.45) is -9.32. The van der Waals surface area contributed by atoms with Crippen LogP contribution in [0, 0.1) is 0 Å². The van der Waals surface area contributed by atoms with Gasteiger partial charge in [0.25, 0.3) is 0 Å². The number of benzene rings is 2. The largest absolute Gasteiger partial charge is 0.477 e. The number of hydrogen-bond donors (Lipinski definition) is 1. The van der Waals surface area contributed by atoms with Crippen molar-refractivity contribution < 1.29 is 36.2 Å². The molecule has 2 aromatic carbocycles. The highest BCUT2D eigenvalue weighted by atomic mass is 19.4. The van der Waals surface area contributed by atoms with E-state index in [2.05, 4.69) is 0 Å². The Hall–Kier alpha value is -3.23. The van der Waals surface area contributed by atoms with Crippen LogP contribution >= 0.6 is 0 Å². The molecule has 0 unspecified atom stereocenters. The van der Waals surface area contributed by atoms with Crippen LogP contribution in [0.1, 0.15) is 27.3 Å². The van der Waals surface area contributed by atoms with Gasteiger partial charge in [-0.1, -0.05) is 42.5 Å². The molecule has 158 valence electrons. The second-order valence-corrected chi connectivity index (χ2v) is 6.56. The minimum atomic E-state index is -4.84. The van der Waals surface area contributed by atoms with Crippen molar-refractivity contribution in [2.24, 2.45) is 0 Å². The molecule has 0 fully saturated rings. The molecule has 1 N–H and O–H groups in total. The molecule has 0 atom stereocenters. The molecule has 1 aromatic heterocycles. The van der Waals surface area contributed by atoms with Gasteiger partial charge in [0.05, 0.1) is 5.56 Å². The lowest BCUT2D eigenvalue weighted by Gasteiger charge is -2.14. The average Bonchev–Trinajstić information content (AvgIpc) is 3.07. The summed E-state index contributed by atoms with van der Waals surface area (Å²) in [4.78, 5) is 11.8. The van der Waals surface area contributed by atoms with Crippen molar-refractivity contribution in [3.8, 4) is 11.1 Å². The van der Waals surface area contributed by atoms with E-state index in [9.17, 15) is 36.2 Å². The van der Waals surface area contributed by atoms with Gasteiger partial charge in [-0.3, -0.25) is 0 Å². The fourth-order valence-electron chi connectivity index (χ4n) is 3.19. The number of alkyl halides is 6. The van der Waals surface area contributed by atoms with Crippen molar-refractivity contribution in [1.82, 2.24) is 4.57 Å². The first-order valence-electron chi connectivity index (χ1n) is 8.74. The SMILES string of the molecule is O=C(O)c1c(-c2ccc(C(F)(F)F)cc2)cc(C(F)(F)F)n1CCc1ccccc1. The van der Waals surface area contributed by atoms with Crippen molar-refractivity contribution in [2.75, 3.05) is 0 Å². The summed E-state index contributed by atoms with van der Waals surface area (Å²) in [7, 11) is 0. The van der Waals surface area contributed by atoms with Crippen molar-refractivity contribution >= 4 is 5.97 Å². The summed E-state index contributed by atoms with van der Waals surface area (Å²) in [6, 6.07) is 12.6. The van der Waals surface area contributed by atoms with Crippen molar-refractivity contribution in [1.29, 1.82) is 0 Å². The van der Waals surface area contributed by atoms with Gasteiger partial charge in [-0.15, -0.1) is 0 Å². The fraction of sp³-hybridized carbons (Fsp3) is 0.190. The second-order valence-electron chi connectivity index (χ2n) is 6.56. The predicted octanol–water partition coefficient (Wildman–Crippen LogP) is 6.13.